The Labute approximate surface area is 60.4 Å². The van der Waals surface area contributed by atoms with Gasteiger partial charge in [0.1, 0.15) is 0 Å². The van der Waals surface area contributed by atoms with E-state index in [9.17, 15) is 8.76 Å². The molecule has 0 aliphatic heterocycles. The van der Waals surface area contributed by atoms with E-state index in [1.807, 2.05) is 0 Å². The number of hydrogen-bond acceptors (Lipinski definition) is 4. The fourth-order valence-corrected chi connectivity index (χ4v) is 0. The van der Waals surface area contributed by atoms with Crippen LogP contribution >= 0.6 is 0 Å². The third-order valence-corrected chi connectivity index (χ3v) is 0.408. The van der Waals surface area contributed by atoms with Crippen LogP contribution in [-0.4, -0.2) is 26.3 Å². The molecule has 0 aromatic heterocycles. The second kappa shape index (κ2) is 5.50. The van der Waals surface area contributed by atoms with Gasteiger partial charge in [0.2, 0.25) is 0 Å². The van der Waals surface area contributed by atoms with Crippen molar-refractivity contribution in [2.24, 2.45) is 0 Å². The van der Waals surface area contributed by atoms with Crippen LogP contribution in [0.3, 0.4) is 0 Å². The minimum atomic E-state index is -4.67. The molecule has 0 amide bonds. The van der Waals surface area contributed by atoms with Gasteiger partial charge in [-0.1, -0.05) is 6.58 Å². The molecule has 0 aromatic rings. The molecule has 0 aliphatic carbocycles. The average molecular weight is 189 g/mol. The van der Waals surface area contributed by atoms with E-state index in [-0.39, 0.29) is 0 Å². The Morgan fingerprint density at radius 3 is 1.60 bits per heavy atom. The third-order valence-electron chi connectivity index (χ3n) is 0.136. The van der Waals surface area contributed by atoms with Crippen LogP contribution in [0.4, 0.5) is 0 Å². The summed E-state index contributed by atoms with van der Waals surface area (Å²) >= 11 is -2.06. The van der Waals surface area contributed by atoms with E-state index in [1.165, 1.54) is 0 Å². The lowest BCUT2D eigenvalue weighted by molar-refractivity contribution is 0.381. The molecule has 10 heavy (non-hydrogen) atoms. The van der Waals surface area contributed by atoms with Crippen LogP contribution in [-0.2, 0) is 21.5 Å². The quantitative estimate of drug-likeness (QED) is 0.418. The first-order chi connectivity index (χ1) is 4.27. The van der Waals surface area contributed by atoms with E-state index < -0.39 is 21.5 Å². The zero-order chi connectivity index (χ0) is 8.78. The summed E-state index contributed by atoms with van der Waals surface area (Å²) in [4.78, 5) is 0. The molecule has 0 aliphatic rings. The first-order valence-corrected chi connectivity index (χ1v) is 4.21. The average Bonchev–Trinajstić information content (AvgIpc) is 1.61. The minimum Gasteiger partial charge on any atom is -0.769 e. The zero-order valence-corrected chi connectivity index (χ0v) is 6.26. The smallest absolute Gasteiger partial charge is 0.394 e. The molecule has 0 rings (SSSR count). The molecule has 0 saturated carbocycles. The summed E-state index contributed by atoms with van der Waals surface area (Å²) in [7, 11) is -4.67. The van der Waals surface area contributed by atoms with Crippen LogP contribution in [0.15, 0.2) is 12.0 Å². The fourth-order valence-electron chi connectivity index (χ4n) is 0. The van der Waals surface area contributed by atoms with Crippen LogP contribution in [0.1, 0.15) is 0 Å². The van der Waals surface area contributed by atoms with Crippen molar-refractivity contribution in [1.29, 1.82) is 0 Å². The van der Waals surface area contributed by atoms with Crippen molar-refractivity contribution in [3.05, 3.63) is 12.0 Å². The maximum Gasteiger partial charge on any atom is 0.394 e. The van der Waals surface area contributed by atoms with E-state index in [0.717, 1.165) is 5.41 Å². The van der Waals surface area contributed by atoms with Crippen molar-refractivity contribution in [1.82, 2.24) is 0 Å². The molecular weight excluding hydrogens is 184 g/mol. The molecule has 0 saturated heterocycles. The lowest BCUT2D eigenvalue weighted by Gasteiger charge is -1.88. The molecular formula is C2H5O6S2-. The normalized spacial score (nSPS) is 12.7. The van der Waals surface area contributed by atoms with Crippen molar-refractivity contribution in [3.8, 4) is 0 Å². The van der Waals surface area contributed by atoms with E-state index in [0.29, 0.717) is 0 Å². The molecule has 0 bridgehead atoms. The van der Waals surface area contributed by atoms with Crippen LogP contribution in [0.2, 0.25) is 0 Å². The van der Waals surface area contributed by atoms with Gasteiger partial charge < -0.3 is 4.55 Å². The highest BCUT2D eigenvalue weighted by atomic mass is 32.3. The van der Waals surface area contributed by atoms with Gasteiger partial charge in [-0.05, 0) is 16.5 Å². The zero-order valence-electron chi connectivity index (χ0n) is 4.63. The van der Waals surface area contributed by atoms with E-state index in [4.69, 9.17) is 17.5 Å². The molecule has 0 aromatic carbocycles. The van der Waals surface area contributed by atoms with Crippen LogP contribution in [0.25, 0.3) is 0 Å². The summed E-state index contributed by atoms with van der Waals surface area (Å²) in [6.07, 6.45) is 0. The van der Waals surface area contributed by atoms with Crippen molar-refractivity contribution >= 4 is 21.5 Å². The van der Waals surface area contributed by atoms with Gasteiger partial charge >= 0.3 is 10.4 Å². The predicted molar refractivity (Wildman–Crippen MR) is 33.3 cm³/mol. The Morgan fingerprint density at radius 1 is 1.50 bits per heavy atom. The van der Waals surface area contributed by atoms with E-state index in [2.05, 4.69) is 6.58 Å². The second-order valence-corrected chi connectivity index (χ2v) is 2.62. The molecule has 1 atom stereocenters. The van der Waals surface area contributed by atoms with Gasteiger partial charge in [0.25, 0.3) is 0 Å². The van der Waals surface area contributed by atoms with Crippen molar-refractivity contribution in [2.75, 3.05) is 0 Å². The molecule has 0 spiro atoms. The van der Waals surface area contributed by atoms with Gasteiger partial charge in [0, 0.05) is 0 Å². The van der Waals surface area contributed by atoms with Crippen LogP contribution in [0.5, 0.6) is 0 Å². The third kappa shape index (κ3) is 118. The molecule has 0 fully saturated rings. The largest absolute Gasteiger partial charge is 0.769 e. The van der Waals surface area contributed by atoms with E-state index >= 15 is 0 Å². The Bertz CT molecular complexity index is 194. The topological polar surface area (TPSA) is 115 Å². The van der Waals surface area contributed by atoms with Crippen molar-refractivity contribution < 1.29 is 26.3 Å². The molecule has 6 nitrogen and oxygen atoms in total. The van der Waals surface area contributed by atoms with E-state index in [1.54, 1.807) is 0 Å². The Kier molecular flexibility index (Phi) is 6.82. The highest BCUT2D eigenvalue weighted by Gasteiger charge is 1.84. The summed E-state index contributed by atoms with van der Waals surface area (Å²) < 4.78 is 50.1. The molecule has 0 heterocycles. The monoisotopic (exact) mass is 189 g/mol. The molecule has 62 valence electrons. The second-order valence-electron chi connectivity index (χ2n) is 0.875. The Hall–Kier alpha value is -0.280. The van der Waals surface area contributed by atoms with Gasteiger partial charge in [0.15, 0.2) is 0 Å². The summed E-state index contributed by atoms with van der Waals surface area (Å²) in [6.45, 7) is 2.95. The maximum atomic E-state index is 9.25. The lowest BCUT2D eigenvalue weighted by atomic mass is 11.3. The standard InChI is InChI=1S/C2H4O2S.H2O4S/c1-2-5(3)4;1-5(2,3)4/h2H,1H2,(H,3,4);(H2,1,2,3,4)/p-1. The first kappa shape index (κ1) is 12.4. The highest BCUT2D eigenvalue weighted by molar-refractivity contribution is 7.82. The van der Waals surface area contributed by atoms with Gasteiger partial charge in [-0.15, -0.1) is 0 Å². The molecule has 1 unspecified atom stereocenters. The molecule has 2 N–H and O–H groups in total. The first-order valence-electron chi connectivity index (χ1n) is 1.68. The fraction of sp³-hybridized carbons (Fsp3) is 0. The predicted octanol–water partition coefficient (Wildman–Crippen LogP) is -0.644. The van der Waals surface area contributed by atoms with Crippen molar-refractivity contribution in [2.45, 2.75) is 0 Å². The lowest BCUT2D eigenvalue weighted by Crippen LogP contribution is -1.89. The summed E-state index contributed by atoms with van der Waals surface area (Å²) in [5.74, 6) is 0. The summed E-state index contributed by atoms with van der Waals surface area (Å²) in [5.41, 5.74) is 0. The molecule has 0 radical (unpaired) electrons. The Morgan fingerprint density at radius 2 is 1.60 bits per heavy atom. The summed E-state index contributed by atoms with van der Waals surface area (Å²) in [6, 6.07) is 0. The highest BCUT2D eigenvalue weighted by Crippen LogP contribution is 1.64. The van der Waals surface area contributed by atoms with Crippen LogP contribution in [0, 0.1) is 0 Å². The SMILES string of the molecule is C=CS(=O)[O-].O=S(=O)(O)O. The molecule has 8 heteroatoms. The number of hydrogen-bond donors (Lipinski definition) is 2. The maximum absolute atomic E-state index is 9.25. The number of rotatable bonds is 1. The minimum absolute atomic E-state index is 0.833. The van der Waals surface area contributed by atoms with Crippen LogP contribution < -0.4 is 0 Å². The summed E-state index contributed by atoms with van der Waals surface area (Å²) in [5, 5.41) is 0.833. The van der Waals surface area contributed by atoms with Gasteiger partial charge in [0.05, 0.1) is 0 Å². The van der Waals surface area contributed by atoms with Crippen molar-refractivity contribution in [3.63, 3.8) is 0 Å². The van der Waals surface area contributed by atoms with Gasteiger partial charge in [-0.3, -0.25) is 13.3 Å². The van der Waals surface area contributed by atoms with Gasteiger partial charge in [-0.2, -0.15) is 8.42 Å². The Balaban J connectivity index is 0. The van der Waals surface area contributed by atoms with Gasteiger partial charge in [-0.25, -0.2) is 0 Å².